The van der Waals surface area contributed by atoms with Crippen molar-refractivity contribution in [2.24, 2.45) is 0 Å². The Morgan fingerprint density at radius 1 is 1.15 bits per heavy atom. The predicted molar refractivity (Wildman–Crippen MR) is 112 cm³/mol. The van der Waals surface area contributed by atoms with E-state index < -0.39 is 0 Å². The molecule has 0 saturated carbocycles. The summed E-state index contributed by atoms with van der Waals surface area (Å²) >= 11 is 1.55. The third kappa shape index (κ3) is 4.20. The number of hydrogen-bond acceptors (Lipinski definition) is 4. The van der Waals surface area contributed by atoms with Crippen LogP contribution in [0, 0.1) is 0 Å². The van der Waals surface area contributed by atoms with Crippen LogP contribution in [0.15, 0.2) is 76.1 Å². The number of aliphatic hydroxyl groups excluding tert-OH is 1. The summed E-state index contributed by atoms with van der Waals surface area (Å²) in [6.07, 6.45) is 9.38. The highest BCUT2D eigenvalue weighted by Gasteiger charge is 2.24. The molecule has 3 nitrogen and oxygen atoms in total. The number of phenols is 1. The first-order valence-electron chi connectivity index (χ1n) is 8.04. The predicted octanol–water partition coefficient (Wildman–Crippen LogP) is 4.50. The number of hydrogen-bond donors (Lipinski definition) is 2. The van der Waals surface area contributed by atoms with Crippen LogP contribution in [0.25, 0.3) is 0 Å². The lowest BCUT2D eigenvalue weighted by atomic mass is 9.84. The summed E-state index contributed by atoms with van der Waals surface area (Å²) in [5.74, 6) is 0.302. The standard InChI is InChI=1S/C21H18O3S2/c1-25-20-11-9-17(23)8-10-19(20)21(14-2-5-16(22)6-3-14)15-4-7-18(24)13-26-12-15/h2-6,8-10,12-13,21-23H,7H2,1H3. The fourth-order valence-electron chi connectivity index (χ4n) is 2.83. The molecule has 1 aromatic rings. The molecule has 0 bridgehead atoms. The maximum absolute atomic E-state index is 11.8. The van der Waals surface area contributed by atoms with Gasteiger partial charge in [0.2, 0.25) is 0 Å². The van der Waals surface area contributed by atoms with Crippen LogP contribution in [0.4, 0.5) is 0 Å². The van der Waals surface area contributed by atoms with Crippen molar-refractivity contribution in [1.82, 2.24) is 0 Å². The van der Waals surface area contributed by atoms with Crippen LogP contribution in [0.3, 0.4) is 0 Å². The molecular formula is C21H18O3S2. The molecule has 1 unspecified atom stereocenters. The van der Waals surface area contributed by atoms with Gasteiger partial charge in [-0.2, -0.15) is 0 Å². The molecule has 0 radical (unpaired) electrons. The van der Waals surface area contributed by atoms with Gasteiger partial charge in [0.25, 0.3) is 0 Å². The molecule has 0 spiro atoms. The van der Waals surface area contributed by atoms with E-state index in [4.69, 9.17) is 0 Å². The highest BCUT2D eigenvalue weighted by molar-refractivity contribution is 8.02. The van der Waals surface area contributed by atoms with Crippen molar-refractivity contribution < 1.29 is 15.0 Å². The smallest absolute Gasteiger partial charge is 0.169 e. The Bertz CT molecular complexity index is 949. The minimum Gasteiger partial charge on any atom is -0.508 e. The molecular weight excluding hydrogens is 364 g/mol. The number of allylic oxidation sites excluding steroid dienone is 5. The van der Waals surface area contributed by atoms with Crippen LogP contribution < -0.4 is 0 Å². The number of aromatic hydroxyl groups is 1. The molecule has 26 heavy (non-hydrogen) atoms. The quantitative estimate of drug-likeness (QED) is 0.595. The number of thioether (sulfide) groups is 1. The Morgan fingerprint density at radius 2 is 1.92 bits per heavy atom. The van der Waals surface area contributed by atoms with Crippen molar-refractivity contribution in [3.8, 4) is 5.75 Å². The highest BCUT2D eigenvalue weighted by Crippen LogP contribution is 2.40. The molecule has 0 saturated heterocycles. The number of carbonyl (C=O) groups excluding carboxylic acids is 1. The topological polar surface area (TPSA) is 57.5 Å². The Hall–Kier alpha value is -2.46. The lowest BCUT2D eigenvalue weighted by Gasteiger charge is -2.22. The van der Waals surface area contributed by atoms with Crippen molar-refractivity contribution in [2.45, 2.75) is 12.3 Å². The van der Waals surface area contributed by atoms with Crippen LogP contribution in [-0.4, -0.2) is 33.0 Å². The first-order valence-corrected chi connectivity index (χ1v) is 10.2. The third-order valence-corrected chi connectivity index (χ3v) is 5.63. The summed E-state index contributed by atoms with van der Waals surface area (Å²) in [7, 11) is 1.38. The molecule has 2 aliphatic rings. The van der Waals surface area contributed by atoms with Gasteiger partial charge in [-0.05, 0) is 46.5 Å². The molecule has 5 heteroatoms. The van der Waals surface area contributed by atoms with Gasteiger partial charge in [0.05, 0.1) is 4.91 Å². The van der Waals surface area contributed by atoms with Gasteiger partial charge >= 0.3 is 0 Å². The van der Waals surface area contributed by atoms with Gasteiger partial charge in [0.1, 0.15) is 11.5 Å². The van der Waals surface area contributed by atoms with Gasteiger partial charge in [-0.25, -0.2) is 0 Å². The molecule has 1 atom stereocenters. The summed E-state index contributed by atoms with van der Waals surface area (Å²) in [5.41, 5.74) is 6.15. The van der Waals surface area contributed by atoms with Gasteiger partial charge in [0, 0.05) is 23.8 Å². The van der Waals surface area contributed by atoms with Gasteiger partial charge in [0.15, 0.2) is 5.78 Å². The maximum Gasteiger partial charge on any atom is 0.169 e. The summed E-state index contributed by atoms with van der Waals surface area (Å²) in [5, 5.41) is 23.1. The Labute approximate surface area is 160 Å². The van der Waals surface area contributed by atoms with E-state index in [1.54, 1.807) is 41.4 Å². The minimum atomic E-state index is -0.132. The van der Waals surface area contributed by atoms with Crippen molar-refractivity contribution in [3.63, 3.8) is 0 Å². The number of ketones is 1. The molecule has 1 aromatic carbocycles. The third-order valence-electron chi connectivity index (χ3n) is 4.06. The van der Waals surface area contributed by atoms with E-state index >= 15 is 0 Å². The molecule has 1 aliphatic carbocycles. The average Bonchev–Trinajstić information content (AvgIpc) is 2.96. The number of Topliss-reactive ketones (excluding diaryl/α,β-unsaturated/α-hetero) is 1. The number of rotatable bonds is 4. The van der Waals surface area contributed by atoms with Crippen LogP contribution in [-0.2, 0) is 4.79 Å². The van der Waals surface area contributed by atoms with Crippen LogP contribution in [0.1, 0.15) is 17.9 Å². The normalized spacial score (nSPS) is 18.0. The minimum absolute atomic E-state index is 0.0821. The van der Waals surface area contributed by atoms with Crippen LogP contribution >= 0.6 is 22.7 Å². The summed E-state index contributed by atoms with van der Waals surface area (Å²) in [4.78, 5) is 12.7. The van der Waals surface area contributed by atoms with Gasteiger partial charge < -0.3 is 10.2 Å². The zero-order valence-corrected chi connectivity index (χ0v) is 15.8. The van der Waals surface area contributed by atoms with E-state index in [0.717, 1.165) is 21.6 Å². The molecule has 132 valence electrons. The molecule has 0 fully saturated rings. The van der Waals surface area contributed by atoms with Crippen molar-refractivity contribution >= 4 is 39.2 Å². The lowest BCUT2D eigenvalue weighted by Crippen LogP contribution is -2.08. The van der Waals surface area contributed by atoms with Crippen LogP contribution in [0.5, 0.6) is 5.75 Å². The molecule has 1 aliphatic heterocycles. The fourth-order valence-corrected chi connectivity index (χ4v) is 4.14. The Morgan fingerprint density at radius 3 is 2.65 bits per heavy atom. The first kappa shape index (κ1) is 18.3. The Kier molecular flexibility index (Phi) is 5.84. The zero-order valence-electron chi connectivity index (χ0n) is 14.2. The second kappa shape index (κ2) is 8.28. The molecule has 0 amide bonds. The molecule has 2 N–H and O–H groups in total. The number of aliphatic hydroxyl groups is 1. The Balaban J connectivity index is 2.18. The van der Waals surface area contributed by atoms with Crippen molar-refractivity contribution in [1.29, 1.82) is 0 Å². The van der Waals surface area contributed by atoms with E-state index in [-0.39, 0.29) is 23.2 Å². The van der Waals surface area contributed by atoms with Gasteiger partial charge in [-0.15, -0.1) is 28.4 Å². The van der Waals surface area contributed by atoms with Gasteiger partial charge in [-0.3, -0.25) is 4.79 Å². The van der Waals surface area contributed by atoms with Gasteiger partial charge in [-0.1, -0.05) is 24.3 Å². The van der Waals surface area contributed by atoms with Crippen molar-refractivity contribution in [3.05, 3.63) is 81.7 Å². The molecule has 0 aromatic heterocycles. The van der Waals surface area contributed by atoms with Crippen molar-refractivity contribution in [2.75, 3.05) is 6.26 Å². The summed E-state index contributed by atoms with van der Waals surface area (Å²) in [6, 6.07) is 7.08. The lowest BCUT2D eigenvalue weighted by molar-refractivity contribution is -0.111. The highest BCUT2D eigenvalue weighted by atomic mass is 32.2. The number of benzene rings is 1. The largest absolute Gasteiger partial charge is 0.508 e. The molecule has 3 rings (SSSR count). The van der Waals surface area contributed by atoms with E-state index in [9.17, 15) is 15.0 Å². The monoisotopic (exact) mass is 382 g/mol. The van der Waals surface area contributed by atoms with E-state index in [2.05, 4.69) is 5.73 Å². The molecule has 1 heterocycles. The maximum atomic E-state index is 11.8. The second-order valence-electron chi connectivity index (χ2n) is 5.81. The van der Waals surface area contributed by atoms with E-state index in [1.165, 1.54) is 10.9 Å². The fraction of sp³-hybridized carbons (Fsp3) is 0.143. The van der Waals surface area contributed by atoms with E-state index in [0.29, 0.717) is 6.42 Å². The first-order chi connectivity index (χ1) is 12.6. The van der Waals surface area contributed by atoms with Crippen LogP contribution in [0.2, 0.25) is 0 Å². The second-order valence-corrected chi connectivity index (χ2v) is 7.37. The number of carbonyl (C=O) groups is 1. The average molecular weight is 383 g/mol. The summed E-state index contributed by atoms with van der Waals surface area (Å²) < 4.78 is 0. The summed E-state index contributed by atoms with van der Waals surface area (Å²) in [6.45, 7) is 0. The zero-order chi connectivity index (χ0) is 18.5. The van der Waals surface area contributed by atoms with E-state index in [1.807, 2.05) is 35.9 Å². The SMILES string of the molecule is CSC1=C=CC(O)=CC=C1C(C1=CCC(=O)C=S=C1)c1ccc(O)cc1. The number of phenolic OH excluding ortho intramolecular Hbond substituents is 1.